The van der Waals surface area contributed by atoms with Crippen molar-refractivity contribution < 1.29 is 4.74 Å². The summed E-state index contributed by atoms with van der Waals surface area (Å²) in [5, 5.41) is 9.56. The molecule has 2 heterocycles. The Morgan fingerprint density at radius 2 is 2.64 bits per heavy atom. The SMILES string of the molecule is S=c1nc(NCC2CCCO2)cn[nH]1. The van der Waals surface area contributed by atoms with Crippen molar-refractivity contribution in [2.45, 2.75) is 18.9 Å². The second-order valence-corrected chi connectivity index (χ2v) is 3.57. The molecule has 1 saturated heterocycles. The van der Waals surface area contributed by atoms with E-state index in [1.807, 2.05) is 0 Å². The lowest BCUT2D eigenvalue weighted by Crippen LogP contribution is -2.19. The van der Waals surface area contributed by atoms with Crippen LogP contribution in [0.3, 0.4) is 0 Å². The fourth-order valence-corrected chi connectivity index (χ4v) is 1.57. The molecule has 1 aliphatic heterocycles. The minimum absolute atomic E-state index is 0.301. The van der Waals surface area contributed by atoms with Gasteiger partial charge in [0.05, 0.1) is 12.3 Å². The number of hydrogen-bond acceptors (Lipinski definition) is 5. The molecule has 14 heavy (non-hydrogen) atoms. The summed E-state index contributed by atoms with van der Waals surface area (Å²) in [7, 11) is 0. The van der Waals surface area contributed by atoms with Crippen molar-refractivity contribution >= 4 is 18.0 Å². The van der Waals surface area contributed by atoms with Gasteiger partial charge in [0, 0.05) is 13.2 Å². The monoisotopic (exact) mass is 212 g/mol. The van der Waals surface area contributed by atoms with Crippen LogP contribution in [-0.2, 0) is 4.74 Å². The summed E-state index contributed by atoms with van der Waals surface area (Å²) in [5.41, 5.74) is 0. The van der Waals surface area contributed by atoms with Crippen LogP contribution in [0.1, 0.15) is 12.8 Å². The standard InChI is InChI=1S/C8H12N4OS/c14-8-11-7(5-10-12-8)9-4-6-2-1-3-13-6/h5-6H,1-4H2,(H2,9,11,12,14). The molecule has 76 valence electrons. The van der Waals surface area contributed by atoms with Gasteiger partial charge in [0.25, 0.3) is 0 Å². The third-order valence-corrected chi connectivity index (χ3v) is 2.29. The normalized spacial score (nSPS) is 21.0. The largest absolute Gasteiger partial charge is 0.376 e. The quantitative estimate of drug-likeness (QED) is 0.735. The zero-order valence-electron chi connectivity index (χ0n) is 7.69. The van der Waals surface area contributed by atoms with Gasteiger partial charge in [0.1, 0.15) is 5.82 Å². The first-order valence-electron chi connectivity index (χ1n) is 4.62. The molecule has 6 heteroatoms. The van der Waals surface area contributed by atoms with Crippen molar-refractivity contribution in [3.8, 4) is 0 Å². The summed E-state index contributed by atoms with van der Waals surface area (Å²) in [5.74, 6) is 0.698. The van der Waals surface area contributed by atoms with Crippen LogP contribution in [0, 0.1) is 4.77 Å². The average molecular weight is 212 g/mol. The zero-order valence-corrected chi connectivity index (χ0v) is 8.51. The lowest BCUT2D eigenvalue weighted by Gasteiger charge is -2.10. The average Bonchev–Trinajstić information content (AvgIpc) is 2.67. The second kappa shape index (κ2) is 4.47. The van der Waals surface area contributed by atoms with Crippen LogP contribution in [0.25, 0.3) is 0 Å². The maximum atomic E-state index is 5.46. The van der Waals surface area contributed by atoms with Crippen LogP contribution in [0.4, 0.5) is 5.82 Å². The van der Waals surface area contributed by atoms with Crippen LogP contribution in [0.15, 0.2) is 6.20 Å². The fourth-order valence-electron chi connectivity index (χ4n) is 1.42. The summed E-state index contributed by atoms with van der Waals surface area (Å²) < 4.78 is 5.85. The maximum absolute atomic E-state index is 5.46. The third kappa shape index (κ3) is 2.49. The zero-order chi connectivity index (χ0) is 9.80. The van der Waals surface area contributed by atoms with Crippen molar-refractivity contribution in [3.63, 3.8) is 0 Å². The van der Waals surface area contributed by atoms with E-state index in [2.05, 4.69) is 20.5 Å². The number of hydrogen-bond donors (Lipinski definition) is 2. The van der Waals surface area contributed by atoms with Gasteiger partial charge < -0.3 is 10.1 Å². The van der Waals surface area contributed by atoms with Gasteiger partial charge in [-0.15, -0.1) is 0 Å². The van der Waals surface area contributed by atoms with Crippen molar-refractivity contribution in [1.29, 1.82) is 0 Å². The molecule has 5 nitrogen and oxygen atoms in total. The highest BCUT2D eigenvalue weighted by atomic mass is 32.1. The Balaban J connectivity index is 1.88. The van der Waals surface area contributed by atoms with Gasteiger partial charge in [-0.25, -0.2) is 4.98 Å². The van der Waals surface area contributed by atoms with E-state index in [1.54, 1.807) is 6.20 Å². The molecule has 0 aromatic carbocycles. The summed E-state index contributed by atoms with van der Waals surface area (Å²) in [6.07, 6.45) is 4.17. The number of rotatable bonds is 3. The van der Waals surface area contributed by atoms with E-state index in [1.165, 1.54) is 0 Å². The summed E-state index contributed by atoms with van der Waals surface area (Å²) >= 11 is 4.85. The molecule has 0 amide bonds. The number of H-pyrrole nitrogens is 1. The molecule has 2 N–H and O–H groups in total. The van der Waals surface area contributed by atoms with Gasteiger partial charge in [0.15, 0.2) is 0 Å². The minimum Gasteiger partial charge on any atom is -0.376 e. The van der Waals surface area contributed by atoms with Crippen molar-refractivity contribution in [2.24, 2.45) is 0 Å². The number of ether oxygens (including phenoxy) is 1. The molecule has 1 aliphatic rings. The Morgan fingerprint density at radius 3 is 3.36 bits per heavy atom. The van der Waals surface area contributed by atoms with Gasteiger partial charge in [-0.3, -0.25) is 5.10 Å². The van der Waals surface area contributed by atoms with Gasteiger partial charge in [-0.2, -0.15) is 5.10 Å². The molecule has 1 fully saturated rings. The molecule has 0 aliphatic carbocycles. The molecular formula is C8H12N4OS. The Labute approximate surface area is 86.9 Å². The summed E-state index contributed by atoms with van der Waals surface area (Å²) in [6.45, 7) is 1.64. The van der Waals surface area contributed by atoms with Gasteiger partial charge in [-0.05, 0) is 25.1 Å². The summed E-state index contributed by atoms with van der Waals surface area (Å²) in [4.78, 5) is 4.06. The molecule has 0 bridgehead atoms. The van der Waals surface area contributed by atoms with E-state index >= 15 is 0 Å². The van der Waals surface area contributed by atoms with Crippen molar-refractivity contribution in [1.82, 2.24) is 15.2 Å². The molecule has 0 radical (unpaired) electrons. The third-order valence-electron chi connectivity index (χ3n) is 2.10. The van der Waals surface area contributed by atoms with E-state index in [9.17, 15) is 0 Å². The highest BCUT2D eigenvalue weighted by molar-refractivity contribution is 7.71. The Kier molecular flexibility index (Phi) is 3.05. The number of anilines is 1. The molecule has 1 atom stereocenters. The topological polar surface area (TPSA) is 62.8 Å². The molecular weight excluding hydrogens is 200 g/mol. The van der Waals surface area contributed by atoms with Gasteiger partial charge in [-0.1, -0.05) is 0 Å². The van der Waals surface area contributed by atoms with Crippen LogP contribution in [-0.4, -0.2) is 34.4 Å². The van der Waals surface area contributed by atoms with E-state index < -0.39 is 0 Å². The first kappa shape index (κ1) is 9.54. The molecule has 2 rings (SSSR count). The Bertz CT molecular complexity index is 347. The molecule has 0 spiro atoms. The van der Waals surface area contributed by atoms with Crippen molar-refractivity contribution in [3.05, 3.63) is 11.0 Å². The lowest BCUT2D eigenvalue weighted by molar-refractivity contribution is 0.120. The lowest BCUT2D eigenvalue weighted by atomic mass is 10.2. The highest BCUT2D eigenvalue weighted by Crippen LogP contribution is 2.12. The molecule has 1 aromatic heterocycles. The van der Waals surface area contributed by atoms with Gasteiger partial charge in [0.2, 0.25) is 4.77 Å². The Hall–Kier alpha value is -1.01. The minimum atomic E-state index is 0.301. The van der Waals surface area contributed by atoms with E-state index in [0.29, 0.717) is 16.7 Å². The first-order chi connectivity index (χ1) is 6.84. The van der Waals surface area contributed by atoms with Crippen molar-refractivity contribution in [2.75, 3.05) is 18.5 Å². The van der Waals surface area contributed by atoms with Crippen LogP contribution < -0.4 is 5.32 Å². The predicted octanol–water partition coefficient (Wildman–Crippen LogP) is 1.13. The first-order valence-corrected chi connectivity index (χ1v) is 5.02. The van der Waals surface area contributed by atoms with E-state index in [-0.39, 0.29) is 0 Å². The fraction of sp³-hybridized carbons (Fsp3) is 0.625. The van der Waals surface area contributed by atoms with Gasteiger partial charge >= 0.3 is 0 Å². The number of aromatic amines is 1. The second-order valence-electron chi connectivity index (χ2n) is 3.19. The molecule has 1 unspecified atom stereocenters. The maximum Gasteiger partial charge on any atom is 0.215 e. The smallest absolute Gasteiger partial charge is 0.215 e. The molecule has 0 saturated carbocycles. The van der Waals surface area contributed by atoms with Crippen LogP contribution >= 0.6 is 12.2 Å². The van der Waals surface area contributed by atoms with Crippen LogP contribution in [0.5, 0.6) is 0 Å². The van der Waals surface area contributed by atoms with Crippen LogP contribution in [0.2, 0.25) is 0 Å². The highest BCUT2D eigenvalue weighted by Gasteiger charge is 2.14. The number of nitrogens with zero attached hydrogens (tertiary/aromatic N) is 2. The number of aromatic nitrogens is 3. The van der Waals surface area contributed by atoms with E-state index in [0.717, 1.165) is 26.0 Å². The predicted molar refractivity (Wildman–Crippen MR) is 54.7 cm³/mol. The Morgan fingerprint density at radius 1 is 1.71 bits per heavy atom. The number of nitrogens with one attached hydrogen (secondary N) is 2. The summed E-state index contributed by atoms with van der Waals surface area (Å²) in [6, 6.07) is 0. The molecule has 1 aromatic rings. The van der Waals surface area contributed by atoms with E-state index in [4.69, 9.17) is 17.0 Å².